The number of ketones is 1. The molecule has 5 rings (SSSR count). The lowest BCUT2D eigenvalue weighted by Crippen LogP contribution is -2.29. The van der Waals surface area contributed by atoms with Crippen molar-refractivity contribution in [2.75, 3.05) is 13.2 Å². The quantitative estimate of drug-likeness (QED) is 0.396. The van der Waals surface area contributed by atoms with E-state index in [4.69, 9.17) is 13.9 Å². The Balaban J connectivity index is 1.63. The van der Waals surface area contributed by atoms with Crippen molar-refractivity contribution in [2.45, 2.75) is 12.6 Å². The molecule has 3 heterocycles. The number of Topliss-reactive ketones (excluding diaryl/α,β-unsaturated/α-hetero) is 1. The molecule has 1 fully saturated rings. The van der Waals surface area contributed by atoms with Gasteiger partial charge in [-0.25, -0.2) is 0 Å². The van der Waals surface area contributed by atoms with Gasteiger partial charge in [-0.1, -0.05) is 30.3 Å². The van der Waals surface area contributed by atoms with E-state index < -0.39 is 17.7 Å². The van der Waals surface area contributed by atoms with Crippen LogP contribution in [0.3, 0.4) is 0 Å². The normalized spacial score (nSPS) is 19.6. The summed E-state index contributed by atoms with van der Waals surface area (Å²) in [5.74, 6) is -0.0949. The molecule has 1 amide bonds. The van der Waals surface area contributed by atoms with Crippen molar-refractivity contribution in [3.8, 4) is 11.5 Å². The van der Waals surface area contributed by atoms with Crippen molar-refractivity contribution >= 4 is 17.4 Å². The summed E-state index contributed by atoms with van der Waals surface area (Å²) in [6.45, 7) is 0.952. The molecule has 2 aromatic carbocycles. The first-order chi connectivity index (χ1) is 15.1. The minimum absolute atomic E-state index is 0.0273. The second-order valence-electron chi connectivity index (χ2n) is 7.28. The first-order valence-electron chi connectivity index (χ1n) is 9.89. The van der Waals surface area contributed by atoms with Crippen molar-refractivity contribution in [1.29, 1.82) is 0 Å². The number of carbonyl (C=O) groups excluding carboxylic acids is 2. The number of furan rings is 1. The van der Waals surface area contributed by atoms with Crippen LogP contribution >= 0.6 is 0 Å². The number of benzene rings is 2. The summed E-state index contributed by atoms with van der Waals surface area (Å²) in [5, 5.41) is 11.1. The molecule has 7 heteroatoms. The summed E-state index contributed by atoms with van der Waals surface area (Å²) >= 11 is 0. The molecule has 1 saturated heterocycles. The molecule has 2 aliphatic rings. The van der Waals surface area contributed by atoms with Crippen LogP contribution in [0.15, 0.2) is 76.9 Å². The van der Waals surface area contributed by atoms with Crippen LogP contribution in [-0.4, -0.2) is 34.9 Å². The number of carbonyl (C=O) groups is 2. The van der Waals surface area contributed by atoms with Crippen LogP contribution in [0.4, 0.5) is 0 Å². The molecular formula is C24H19NO6. The Morgan fingerprint density at radius 3 is 2.48 bits per heavy atom. The predicted molar refractivity (Wildman–Crippen MR) is 110 cm³/mol. The Labute approximate surface area is 178 Å². The fourth-order valence-corrected chi connectivity index (χ4v) is 3.94. The van der Waals surface area contributed by atoms with E-state index in [1.54, 1.807) is 30.3 Å². The van der Waals surface area contributed by atoms with Crippen molar-refractivity contribution < 1.29 is 28.6 Å². The summed E-state index contributed by atoms with van der Waals surface area (Å²) in [4.78, 5) is 27.4. The number of fused-ring (bicyclic) bond motifs is 1. The van der Waals surface area contributed by atoms with Gasteiger partial charge in [-0.3, -0.25) is 9.59 Å². The maximum absolute atomic E-state index is 13.0. The van der Waals surface area contributed by atoms with Gasteiger partial charge in [0.15, 0.2) is 11.5 Å². The number of nitrogens with zero attached hydrogens (tertiary/aromatic N) is 1. The summed E-state index contributed by atoms with van der Waals surface area (Å²) in [6.07, 6.45) is 1.51. The van der Waals surface area contributed by atoms with E-state index in [2.05, 4.69) is 0 Å². The van der Waals surface area contributed by atoms with Gasteiger partial charge in [0.2, 0.25) is 0 Å². The van der Waals surface area contributed by atoms with Gasteiger partial charge < -0.3 is 23.9 Å². The average molecular weight is 417 g/mol. The number of aliphatic hydroxyl groups is 1. The van der Waals surface area contributed by atoms with E-state index >= 15 is 0 Å². The molecule has 3 aromatic rings. The molecular weight excluding hydrogens is 398 g/mol. The smallest absolute Gasteiger partial charge is 0.296 e. The summed E-state index contributed by atoms with van der Waals surface area (Å²) in [6, 6.07) is 16.8. The second kappa shape index (κ2) is 7.68. The molecule has 0 aliphatic carbocycles. The third-order valence-corrected chi connectivity index (χ3v) is 5.38. The predicted octanol–water partition coefficient (Wildman–Crippen LogP) is 3.67. The molecule has 1 aromatic heterocycles. The summed E-state index contributed by atoms with van der Waals surface area (Å²) in [7, 11) is 0. The summed E-state index contributed by atoms with van der Waals surface area (Å²) in [5.41, 5.74) is 1.12. The van der Waals surface area contributed by atoms with Crippen molar-refractivity contribution in [1.82, 2.24) is 4.90 Å². The van der Waals surface area contributed by atoms with E-state index in [9.17, 15) is 14.7 Å². The van der Waals surface area contributed by atoms with Crippen LogP contribution in [0.1, 0.15) is 22.9 Å². The summed E-state index contributed by atoms with van der Waals surface area (Å²) < 4.78 is 16.5. The SMILES string of the molecule is O=C1C(=O)N(Cc2ccco2)C(c2ccccc2)/C1=C(/O)c1ccc2c(c1)OCCO2. The van der Waals surface area contributed by atoms with Gasteiger partial charge in [-0.15, -0.1) is 0 Å². The van der Waals surface area contributed by atoms with E-state index in [1.165, 1.54) is 11.2 Å². The van der Waals surface area contributed by atoms with E-state index in [0.717, 1.165) is 0 Å². The highest BCUT2D eigenvalue weighted by Gasteiger charge is 2.46. The Morgan fingerprint density at radius 2 is 1.74 bits per heavy atom. The molecule has 1 N–H and O–H groups in total. The highest BCUT2D eigenvalue weighted by molar-refractivity contribution is 6.46. The zero-order valence-electron chi connectivity index (χ0n) is 16.5. The van der Waals surface area contributed by atoms with Crippen molar-refractivity contribution in [3.05, 3.63) is 89.4 Å². The Hall–Kier alpha value is -4.00. The van der Waals surface area contributed by atoms with Gasteiger partial charge in [0.1, 0.15) is 24.7 Å². The van der Waals surface area contributed by atoms with Gasteiger partial charge in [-0.2, -0.15) is 0 Å². The zero-order chi connectivity index (χ0) is 21.4. The van der Waals surface area contributed by atoms with Crippen LogP contribution < -0.4 is 9.47 Å². The van der Waals surface area contributed by atoms with Crippen molar-refractivity contribution in [2.24, 2.45) is 0 Å². The van der Waals surface area contributed by atoms with Crippen LogP contribution in [0, 0.1) is 0 Å². The molecule has 1 unspecified atom stereocenters. The Bertz CT molecular complexity index is 1170. The zero-order valence-corrected chi connectivity index (χ0v) is 16.5. The number of rotatable bonds is 4. The fraction of sp³-hybridized carbons (Fsp3) is 0.167. The highest BCUT2D eigenvalue weighted by atomic mass is 16.6. The number of hydrogen-bond acceptors (Lipinski definition) is 6. The maximum Gasteiger partial charge on any atom is 0.296 e. The molecule has 0 bridgehead atoms. The maximum atomic E-state index is 13.0. The Morgan fingerprint density at radius 1 is 0.968 bits per heavy atom. The third-order valence-electron chi connectivity index (χ3n) is 5.38. The molecule has 0 spiro atoms. The number of hydrogen-bond donors (Lipinski definition) is 1. The van der Waals surface area contributed by atoms with Gasteiger partial charge in [0.05, 0.1) is 24.4 Å². The van der Waals surface area contributed by atoms with Gasteiger partial charge in [-0.05, 0) is 35.9 Å². The minimum Gasteiger partial charge on any atom is -0.507 e. The standard InChI is InChI=1S/C24H19NO6/c26-22(16-8-9-18-19(13-16)31-12-11-30-18)20-21(15-5-2-1-3-6-15)25(24(28)23(20)27)14-17-7-4-10-29-17/h1-10,13,21,26H,11-12,14H2/b22-20-. The van der Waals surface area contributed by atoms with Crippen LogP contribution in [-0.2, 0) is 16.1 Å². The van der Waals surface area contributed by atoms with Crippen LogP contribution in [0.5, 0.6) is 11.5 Å². The van der Waals surface area contributed by atoms with E-state index in [-0.39, 0.29) is 17.9 Å². The topological polar surface area (TPSA) is 89.2 Å². The van der Waals surface area contributed by atoms with Crippen molar-refractivity contribution in [3.63, 3.8) is 0 Å². The van der Waals surface area contributed by atoms with Gasteiger partial charge in [0.25, 0.3) is 11.7 Å². The largest absolute Gasteiger partial charge is 0.507 e. The molecule has 1 atom stereocenters. The third kappa shape index (κ3) is 3.34. The highest BCUT2D eigenvalue weighted by Crippen LogP contribution is 2.41. The first kappa shape index (κ1) is 19.0. The first-order valence-corrected chi connectivity index (χ1v) is 9.89. The molecule has 156 valence electrons. The second-order valence-corrected chi connectivity index (χ2v) is 7.28. The number of aliphatic hydroxyl groups excluding tert-OH is 1. The molecule has 31 heavy (non-hydrogen) atoms. The molecule has 0 saturated carbocycles. The Kier molecular flexibility index (Phi) is 4.71. The lowest BCUT2D eigenvalue weighted by Gasteiger charge is -2.24. The monoisotopic (exact) mass is 417 g/mol. The van der Waals surface area contributed by atoms with Crippen LogP contribution in [0.25, 0.3) is 5.76 Å². The average Bonchev–Trinajstić information content (AvgIpc) is 3.41. The van der Waals surface area contributed by atoms with E-state index in [0.29, 0.717) is 41.6 Å². The molecule has 0 radical (unpaired) electrons. The molecule has 2 aliphatic heterocycles. The number of ether oxygens (including phenoxy) is 2. The number of amides is 1. The number of likely N-dealkylation sites (tertiary alicyclic amines) is 1. The lowest BCUT2D eigenvalue weighted by atomic mass is 9.95. The fourth-order valence-electron chi connectivity index (χ4n) is 3.94. The van der Waals surface area contributed by atoms with Gasteiger partial charge in [0, 0.05) is 5.56 Å². The minimum atomic E-state index is -0.750. The van der Waals surface area contributed by atoms with Crippen LogP contribution in [0.2, 0.25) is 0 Å². The van der Waals surface area contributed by atoms with E-state index in [1.807, 2.05) is 30.3 Å². The lowest BCUT2D eigenvalue weighted by molar-refractivity contribution is -0.140. The molecule has 7 nitrogen and oxygen atoms in total. The van der Waals surface area contributed by atoms with Gasteiger partial charge >= 0.3 is 0 Å².